The summed E-state index contributed by atoms with van der Waals surface area (Å²) in [6, 6.07) is 3.87. The fourth-order valence-corrected chi connectivity index (χ4v) is 2.58. The van der Waals surface area contributed by atoms with E-state index < -0.39 is 4.92 Å². The van der Waals surface area contributed by atoms with E-state index in [1.807, 2.05) is 0 Å². The van der Waals surface area contributed by atoms with Crippen molar-refractivity contribution in [2.75, 3.05) is 13.7 Å². The van der Waals surface area contributed by atoms with E-state index in [-0.39, 0.29) is 23.4 Å². The minimum atomic E-state index is -0.546. The lowest BCUT2D eigenvalue weighted by atomic mass is 10.0. The molecule has 0 aliphatic carbocycles. The molecule has 1 saturated heterocycles. The number of hydrogen-bond donors (Lipinski definition) is 0. The Morgan fingerprint density at radius 1 is 1.48 bits per heavy atom. The molecule has 6 heteroatoms. The molecule has 1 aliphatic heterocycles. The number of carbonyl (C=O) groups is 1. The number of nitro benzene ring substituents is 1. The summed E-state index contributed by atoms with van der Waals surface area (Å²) in [6.45, 7) is 0.585. The van der Waals surface area contributed by atoms with Gasteiger partial charge >= 0.3 is 5.69 Å². The molecule has 23 heavy (non-hydrogen) atoms. The number of terminal acetylenes is 1. The Bertz CT molecular complexity index is 724. The van der Waals surface area contributed by atoms with Crippen molar-refractivity contribution in [3.8, 4) is 29.9 Å². The Morgan fingerprint density at radius 2 is 2.26 bits per heavy atom. The Morgan fingerprint density at radius 3 is 2.91 bits per heavy atom. The van der Waals surface area contributed by atoms with Crippen molar-refractivity contribution in [3.05, 3.63) is 33.9 Å². The van der Waals surface area contributed by atoms with Crippen LogP contribution in [0, 0.1) is 34.3 Å². The van der Waals surface area contributed by atoms with Gasteiger partial charge in [-0.1, -0.05) is 5.92 Å². The Labute approximate surface area is 134 Å². The van der Waals surface area contributed by atoms with E-state index in [9.17, 15) is 14.9 Å². The third-order valence-electron chi connectivity index (χ3n) is 3.70. The van der Waals surface area contributed by atoms with Crippen LogP contribution < -0.4 is 4.74 Å². The minimum Gasteiger partial charge on any atom is -0.490 e. The minimum absolute atomic E-state index is 0.0594. The number of ether oxygens (including phenoxy) is 1. The van der Waals surface area contributed by atoms with E-state index in [2.05, 4.69) is 17.8 Å². The smallest absolute Gasteiger partial charge is 0.310 e. The molecule has 1 amide bonds. The molecule has 6 nitrogen and oxygen atoms in total. The maximum Gasteiger partial charge on any atom is 0.310 e. The molecule has 1 atom stereocenters. The number of amides is 1. The first kappa shape index (κ1) is 16.4. The second-order valence-electron chi connectivity index (χ2n) is 5.07. The zero-order valence-corrected chi connectivity index (χ0v) is 12.7. The number of rotatable bonds is 3. The van der Waals surface area contributed by atoms with Gasteiger partial charge in [0.25, 0.3) is 5.91 Å². The lowest BCUT2D eigenvalue weighted by molar-refractivity contribution is -0.385. The van der Waals surface area contributed by atoms with Crippen molar-refractivity contribution in [1.29, 1.82) is 0 Å². The molecule has 0 N–H and O–H groups in total. The van der Waals surface area contributed by atoms with E-state index in [0.717, 1.165) is 19.3 Å². The first-order valence-electron chi connectivity index (χ1n) is 7.18. The van der Waals surface area contributed by atoms with Gasteiger partial charge in [-0.05, 0) is 37.2 Å². The summed E-state index contributed by atoms with van der Waals surface area (Å²) in [6.07, 6.45) is 7.80. The van der Waals surface area contributed by atoms with Crippen LogP contribution in [0.5, 0.6) is 5.75 Å². The Kier molecular flexibility index (Phi) is 5.22. The van der Waals surface area contributed by atoms with Crippen LogP contribution in [0.3, 0.4) is 0 Å². The summed E-state index contributed by atoms with van der Waals surface area (Å²) in [7, 11) is 1.33. The van der Waals surface area contributed by atoms with Crippen molar-refractivity contribution in [2.24, 2.45) is 0 Å². The summed E-state index contributed by atoms with van der Waals surface area (Å²) >= 11 is 0. The van der Waals surface area contributed by atoms with Crippen molar-refractivity contribution in [2.45, 2.75) is 25.3 Å². The average Bonchev–Trinajstić information content (AvgIpc) is 2.58. The number of likely N-dealkylation sites (tertiary alicyclic amines) is 1. The van der Waals surface area contributed by atoms with Crippen LogP contribution in [0.1, 0.15) is 29.6 Å². The molecule has 1 aliphatic rings. The quantitative estimate of drug-likeness (QED) is 0.487. The predicted octanol–water partition coefficient (Wildman–Crippen LogP) is 2.23. The van der Waals surface area contributed by atoms with Gasteiger partial charge in [-0.3, -0.25) is 14.9 Å². The predicted molar refractivity (Wildman–Crippen MR) is 84.9 cm³/mol. The van der Waals surface area contributed by atoms with Gasteiger partial charge in [0.05, 0.1) is 18.1 Å². The molecule has 1 fully saturated rings. The van der Waals surface area contributed by atoms with Crippen LogP contribution in [-0.4, -0.2) is 35.4 Å². The number of piperidine rings is 1. The molecular formula is C17H16N2O4. The van der Waals surface area contributed by atoms with E-state index in [1.54, 1.807) is 4.90 Å². The van der Waals surface area contributed by atoms with E-state index in [1.165, 1.54) is 25.3 Å². The van der Waals surface area contributed by atoms with Crippen LogP contribution >= 0.6 is 0 Å². The van der Waals surface area contributed by atoms with Crippen LogP contribution in [0.2, 0.25) is 0 Å². The molecule has 118 valence electrons. The fraction of sp³-hybridized carbons (Fsp3) is 0.353. The highest BCUT2D eigenvalue weighted by Crippen LogP contribution is 2.29. The molecule has 0 unspecified atom stereocenters. The van der Waals surface area contributed by atoms with E-state index in [4.69, 9.17) is 11.2 Å². The first-order chi connectivity index (χ1) is 11.1. The number of nitrogens with zero attached hydrogens (tertiary/aromatic N) is 2. The van der Waals surface area contributed by atoms with Gasteiger partial charge in [-0.2, -0.15) is 0 Å². The van der Waals surface area contributed by atoms with Crippen LogP contribution in [0.15, 0.2) is 18.2 Å². The lowest BCUT2D eigenvalue weighted by Gasteiger charge is -2.32. The van der Waals surface area contributed by atoms with Crippen LogP contribution in [0.4, 0.5) is 5.69 Å². The third kappa shape index (κ3) is 3.61. The average molecular weight is 312 g/mol. The first-order valence-corrected chi connectivity index (χ1v) is 7.18. The molecular weight excluding hydrogens is 296 g/mol. The van der Waals surface area contributed by atoms with Crippen molar-refractivity contribution in [1.82, 2.24) is 4.90 Å². The normalized spacial score (nSPS) is 16.7. The van der Waals surface area contributed by atoms with Gasteiger partial charge in [-0.15, -0.1) is 6.42 Å². The maximum atomic E-state index is 12.7. The Balaban J connectivity index is 2.31. The molecule has 2 rings (SSSR count). The Hall–Kier alpha value is -2.99. The zero-order chi connectivity index (χ0) is 16.8. The van der Waals surface area contributed by atoms with Gasteiger partial charge in [-0.25, -0.2) is 0 Å². The van der Waals surface area contributed by atoms with Crippen molar-refractivity contribution < 1.29 is 14.5 Å². The number of benzene rings is 1. The summed E-state index contributed by atoms with van der Waals surface area (Å²) in [5.41, 5.74) is 0.160. The highest BCUT2D eigenvalue weighted by atomic mass is 16.6. The van der Waals surface area contributed by atoms with Crippen LogP contribution in [0.25, 0.3) is 0 Å². The van der Waals surface area contributed by atoms with Gasteiger partial charge in [0, 0.05) is 24.2 Å². The summed E-state index contributed by atoms with van der Waals surface area (Å²) in [5, 5.41) is 10.9. The van der Waals surface area contributed by atoms with Gasteiger partial charge in [0.1, 0.15) is 0 Å². The topological polar surface area (TPSA) is 72.7 Å². The van der Waals surface area contributed by atoms with Crippen molar-refractivity contribution in [3.63, 3.8) is 0 Å². The number of methoxy groups -OCH3 is 1. The van der Waals surface area contributed by atoms with Gasteiger partial charge < -0.3 is 9.64 Å². The second-order valence-corrected chi connectivity index (χ2v) is 5.07. The molecule has 1 heterocycles. The molecule has 1 aromatic rings. The number of carbonyl (C=O) groups excluding carboxylic acids is 1. The maximum absolute atomic E-state index is 12.7. The zero-order valence-electron chi connectivity index (χ0n) is 12.7. The molecule has 0 bridgehead atoms. The van der Waals surface area contributed by atoms with Crippen molar-refractivity contribution >= 4 is 11.6 Å². The molecule has 1 aromatic carbocycles. The van der Waals surface area contributed by atoms with Gasteiger partial charge in [0.15, 0.2) is 5.75 Å². The standard InChI is InChI=1S/C17H16N2O4/c1-3-4-7-14-8-5-6-11-18(14)17(20)13-9-10-15(19(21)22)16(12-13)23-2/h1,9-10,12,14H,5-6,8,11H2,2H3/t14-/m1/s1. The monoisotopic (exact) mass is 312 g/mol. The number of hydrogen-bond acceptors (Lipinski definition) is 4. The van der Waals surface area contributed by atoms with Crippen LogP contribution in [-0.2, 0) is 0 Å². The molecule has 0 spiro atoms. The lowest BCUT2D eigenvalue weighted by Crippen LogP contribution is -2.43. The fourth-order valence-electron chi connectivity index (χ4n) is 2.58. The number of nitro groups is 1. The SMILES string of the molecule is C#CC#C[C@@H]1CCCCN1C(=O)c1ccc([N+](=O)[O-])c(OC)c1. The molecule has 0 radical (unpaired) electrons. The van der Waals surface area contributed by atoms with Gasteiger partial charge in [0.2, 0.25) is 0 Å². The highest BCUT2D eigenvalue weighted by Gasteiger charge is 2.27. The van der Waals surface area contributed by atoms with E-state index in [0.29, 0.717) is 12.1 Å². The van der Waals surface area contributed by atoms with E-state index >= 15 is 0 Å². The highest BCUT2D eigenvalue weighted by molar-refractivity contribution is 5.95. The second kappa shape index (κ2) is 7.33. The molecule has 0 saturated carbocycles. The summed E-state index contributed by atoms with van der Waals surface area (Å²) in [5.74, 6) is 7.57. The summed E-state index contributed by atoms with van der Waals surface area (Å²) in [4.78, 5) is 24.7. The largest absolute Gasteiger partial charge is 0.490 e. The third-order valence-corrected chi connectivity index (χ3v) is 3.70. The molecule has 0 aromatic heterocycles. The summed E-state index contributed by atoms with van der Waals surface area (Å²) < 4.78 is 5.01.